The summed E-state index contributed by atoms with van der Waals surface area (Å²) in [5.74, 6) is 0.413. The largest absolute Gasteiger partial charge is 0.480 e. The van der Waals surface area contributed by atoms with E-state index in [4.69, 9.17) is 10.5 Å². The van der Waals surface area contributed by atoms with Crippen molar-refractivity contribution in [2.45, 2.75) is 25.7 Å². The van der Waals surface area contributed by atoms with Crippen molar-refractivity contribution in [2.75, 3.05) is 19.0 Å². The monoisotopic (exact) mass is 237 g/mol. The molecule has 1 heterocycles. The van der Waals surface area contributed by atoms with Gasteiger partial charge in [-0.15, -0.1) is 0 Å². The molecule has 0 aromatic carbocycles. The van der Waals surface area contributed by atoms with Gasteiger partial charge in [0, 0.05) is 12.6 Å². The number of nitrogens with zero attached hydrogens (tertiary/aromatic N) is 1. The van der Waals surface area contributed by atoms with E-state index in [1.165, 1.54) is 7.11 Å². The fourth-order valence-electron chi connectivity index (χ4n) is 1.47. The standard InChI is InChI=1S/C12H19N3O2/c1-17-12-10(6-5-9-14-12)15-11(16)7-3-2-4-8-13/h5-6,9H,2-4,7-8,13H2,1H3,(H,15,16). The lowest BCUT2D eigenvalue weighted by atomic mass is 10.2. The zero-order valence-electron chi connectivity index (χ0n) is 10.1. The maximum Gasteiger partial charge on any atom is 0.237 e. The predicted molar refractivity (Wildman–Crippen MR) is 66.9 cm³/mol. The molecule has 17 heavy (non-hydrogen) atoms. The Bertz CT molecular complexity index is 355. The number of hydrogen-bond donors (Lipinski definition) is 2. The van der Waals surface area contributed by atoms with Crippen LogP contribution in [-0.2, 0) is 4.79 Å². The third kappa shape index (κ3) is 4.82. The number of aromatic nitrogens is 1. The summed E-state index contributed by atoms with van der Waals surface area (Å²) in [6.45, 7) is 0.679. The topological polar surface area (TPSA) is 77.2 Å². The molecule has 0 radical (unpaired) electrons. The molecule has 5 heteroatoms. The normalized spacial score (nSPS) is 10.0. The van der Waals surface area contributed by atoms with E-state index in [0.29, 0.717) is 24.5 Å². The first-order valence-electron chi connectivity index (χ1n) is 5.77. The average molecular weight is 237 g/mol. The molecule has 0 atom stereocenters. The number of methoxy groups -OCH3 is 1. The third-order valence-electron chi connectivity index (χ3n) is 2.35. The van der Waals surface area contributed by atoms with Gasteiger partial charge in [0.05, 0.1) is 7.11 Å². The molecule has 3 N–H and O–H groups in total. The van der Waals surface area contributed by atoms with Crippen LogP contribution >= 0.6 is 0 Å². The van der Waals surface area contributed by atoms with Gasteiger partial charge >= 0.3 is 0 Å². The zero-order valence-corrected chi connectivity index (χ0v) is 10.1. The van der Waals surface area contributed by atoms with Gasteiger partial charge in [0.2, 0.25) is 11.8 Å². The number of nitrogens with one attached hydrogen (secondary N) is 1. The second-order valence-corrected chi connectivity index (χ2v) is 3.71. The Hall–Kier alpha value is -1.62. The lowest BCUT2D eigenvalue weighted by Gasteiger charge is -2.08. The highest BCUT2D eigenvalue weighted by Crippen LogP contribution is 2.20. The van der Waals surface area contributed by atoms with Crippen LogP contribution in [0.15, 0.2) is 18.3 Å². The molecule has 0 saturated heterocycles. The Balaban J connectivity index is 2.39. The van der Waals surface area contributed by atoms with E-state index in [2.05, 4.69) is 10.3 Å². The second-order valence-electron chi connectivity index (χ2n) is 3.71. The van der Waals surface area contributed by atoms with Gasteiger partial charge < -0.3 is 15.8 Å². The number of carbonyl (C=O) groups excluding carboxylic acids is 1. The van der Waals surface area contributed by atoms with E-state index in [9.17, 15) is 4.79 Å². The molecule has 1 aromatic rings. The number of nitrogens with two attached hydrogens (primary N) is 1. The highest BCUT2D eigenvalue weighted by atomic mass is 16.5. The van der Waals surface area contributed by atoms with Gasteiger partial charge in [-0.05, 0) is 31.5 Å². The number of carbonyl (C=O) groups is 1. The van der Waals surface area contributed by atoms with Crippen LogP contribution in [0.2, 0.25) is 0 Å². The predicted octanol–water partition coefficient (Wildman–Crippen LogP) is 1.55. The van der Waals surface area contributed by atoms with Crippen LogP contribution in [0, 0.1) is 0 Å². The van der Waals surface area contributed by atoms with Crippen LogP contribution in [-0.4, -0.2) is 24.5 Å². The molecule has 94 valence electrons. The van der Waals surface area contributed by atoms with Crippen molar-refractivity contribution in [1.29, 1.82) is 0 Å². The first-order valence-corrected chi connectivity index (χ1v) is 5.77. The van der Waals surface area contributed by atoms with Crippen molar-refractivity contribution in [1.82, 2.24) is 4.98 Å². The molecule has 1 amide bonds. The summed E-state index contributed by atoms with van der Waals surface area (Å²) in [4.78, 5) is 15.6. The highest BCUT2D eigenvalue weighted by Gasteiger charge is 2.07. The summed E-state index contributed by atoms with van der Waals surface area (Å²) in [7, 11) is 1.53. The quantitative estimate of drug-likeness (QED) is 0.705. The molecule has 1 aromatic heterocycles. The van der Waals surface area contributed by atoms with E-state index >= 15 is 0 Å². The minimum atomic E-state index is -0.0201. The molecule has 1 rings (SSSR count). The van der Waals surface area contributed by atoms with Crippen molar-refractivity contribution in [3.05, 3.63) is 18.3 Å². The summed E-state index contributed by atoms with van der Waals surface area (Å²) in [5.41, 5.74) is 5.99. The Morgan fingerprint density at radius 3 is 3.00 bits per heavy atom. The van der Waals surface area contributed by atoms with E-state index in [1.54, 1.807) is 18.3 Å². The molecule has 0 spiro atoms. The number of hydrogen-bond acceptors (Lipinski definition) is 4. The minimum Gasteiger partial charge on any atom is -0.480 e. The van der Waals surface area contributed by atoms with Crippen LogP contribution in [0.4, 0.5) is 5.69 Å². The third-order valence-corrected chi connectivity index (χ3v) is 2.35. The number of unbranched alkanes of at least 4 members (excludes halogenated alkanes) is 2. The molecule has 0 bridgehead atoms. The second kappa shape index (κ2) is 7.62. The Labute approximate surface area is 101 Å². The van der Waals surface area contributed by atoms with E-state index in [1.807, 2.05) is 0 Å². The SMILES string of the molecule is COc1ncccc1NC(=O)CCCCCN. The lowest BCUT2D eigenvalue weighted by Crippen LogP contribution is -2.12. The van der Waals surface area contributed by atoms with Crippen molar-refractivity contribution in [3.8, 4) is 5.88 Å². The fraction of sp³-hybridized carbons (Fsp3) is 0.500. The number of rotatable bonds is 7. The minimum absolute atomic E-state index is 0.0201. The van der Waals surface area contributed by atoms with Crippen LogP contribution in [0.3, 0.4) is 0 Å². The van der Waals surface area contributed by atoms with Gasteiger partial charge in [0.15, 0.2) is 0 Å². The molecule has 0 aliphatic rings. The molecular formula is C12H19N3O2. The Morgan fingerprint density at radius 2 is 2.29 bits per heavy atom. The molecule has 0 fully saturated rings. The lowest BCUT2D eigenvalue weighted by molar-refractivity contribution is -0.116. The molecule has 0 saturated carbocycles. The van der Waals surface area contributed by atoms with Crippen molar-refractivity contribution < 1.29 is 9.53 Å². The van der Waals surface area contributed by atoms with E-state index in [-0.39, 0.29) is 5.91 Å². The number of amides is 1. The van der Waals surface area contributed by atoms with E-state index < -0.39 is 0 Å². The van der Waals surface area contributed by atoms with Crippen LogP contribution in [0.25, 0.3) is 0 Å². The maximum atomic E-state index is 11.6. The summed E-state index contributed by atoms with van der Waals surface area (Å²) in [5, 5.41) is 2.78. The van der Waals surface area contributed by atoms with Crippen LogP contribution in [0.5, 0.6) is 5.88 Å². The molecular weight excluding hydrogens is 218 g/mol. The fourth-order valence-corrected chi connectivity index (χ4v) is 1.47. The van der Waals surface area contributed by atoms with Crippen molar-refractivity contribution >= 4 is 11.6 Å². The summed E-state index contributed by atoms with van der Waals surface area (Å²) < 4.78 is 5.05. The van der Waals surface area contributed by atoms with Gasteiger partial charge in [-0.3, -0.25) is 4.79 Å². The molecule has 0 aliphatic heterocycles. The van der Waals surface area contributed by atoms with Crippen LogP contribution in [0.1, 0.15) is 25.7 Å². The smallest absolute Gasteiger partial charge is 0.237 e. The Morgan fingerprint density at radius 1 is 1.47 bits per heavy atom. The highest BCUT2D eigenvalue weighted by molar-refractivity contribution is 5.91. The van der Waals surface area contributed by atoms with Gasteiger partial charge in [0.25, 0.3) is 0 Å². The van der Waals surface area contributed by atoms with E-state index in [0.717, 1.165) is 19.3 Å². The number of pyridine rings is 1. The van der Waals surface area contributed by atoms with Gasteiger partial charge in [-0.25, -0.2) is 4.98 Å². The number of anilines is 1. The maximum absolute atomic E-state index is 11.6. The Kier molecular flexibility index (Phi) is 6.03. The average Bonchev–Trinajstić information content (AvgIpc) is 2.35. The molecule has 5 nitrogen and oxygen atoms in total. The number of ether oxygens (including phenoxy) is 1. The van der Waals surface area contributed by atoms with Gasteiger partial charge in [-0.1, -0.05) is 6.42 Å². The summed E-state index contributed by atoms with van der Waals surface area (Å²) in [6.07, 6.45) is 4.91. The molecule has 0 unspecified atom stereocenters. The summed E-state index contributed by atoms with van der Waals surface area (Å²) >= 11 is 0. The zero-order chi connectivity index (χ0) is 12.5. The van der Waals surface area contributed by atoms with Crippen molar-refractivity contribution in [3.63, 3.8) is 0 Å². The van der Waals surface area contributed by atoms with Crippen molar-refractivity contribution in [2.24, 2.45) is 5.73 Å². The first-order chi connectivity index (χ1) is 8.27. The first kappa shape index (κ1) is 13.4. The summed E-state index contributed by atoms with van der Waals surface area (Å²) in [6, 6.07) is 3.52. The molecule has 0 aliphatic carbocycles. The van der Waals surface area contributed by atoms with Crippen LogP contribution < -0.4 is 15.8 Å². The van der Waals surface area contributed by atoms with Gasteiger partial charge in [-0.2, -0.15) is 0 Å². The van der Waals surface area contributed by atoms with Gasteiger partial charge in [0.1, 0.15) is 5.69 Å².